The van der Waals surface area contributed by atoms with Crippen molar-refractivity contribution in [3.05, 3.63) is 35.9 Å². The zero-order chi connectivity index (χ0) is 15.9. The van der Waals surface area contributed by atoms with E-state index in [1.807, 2.05) is 30.3 Å². The van der Waals surface area contributed by atoms with Crippen molar-refractivity contribution in [3.8, 4) is 0 Å². The van der Waals surface area contributed by atoms with Gasteiger partial charge in [-0.3, -0.25) is 9.59 Å². The van der Waals surface area contributed by atoms with Gasteiger partial charge in [0.15, 0.2) is 0 Å². The molecule has 1 atom stereocenters. The summed E-state index contributed by atoms with van der Waals surface area (Å²) in [6.07, 6.45) is 0.696. The molecule has 1 aromatic carbocycles. The number of benzene rings is 1. The summed E-state index contributed by atoms with van der Waals surface area (Å²) in [5.41, 5.74) is -0.247. The molecule has 0 unspecified atom stereocenters. The molecule has 5 heteroatoms. The number of hydrogen-bond acceptors (Lipinski definition) is 3. The van der Waals surface area contributed by atoms with Gasteiger partial charge in [0.05, 0.1) is 18.1 Å². The second-order valence-electron chi connectivity index (χ2n) is 5.18. The Morgan fingerprint density at radius 1 is 1.19 bits per heavy atom. The lowest BCUT2D eigenvalue weighted by molar-refractivity contribution is -0.152. The number of rotatable bonds is 8. The number of carboxylic acid groups (broad SMARTS) is 1. The first-order chi connectivity index (χ1) is 9.99. The normalized spacial score (nSPS) is 12.7. The molecule has 0 fully saturated rings. The standard InChI is InChI=1S/C16H23NO4/c1-3-16(4-2,15(20)21)10-14(19)17-13(11-18)12-8-6-5-7-9-12/h5-9,13,18H,3-4,10-11H2,1-2H3,(H,17,19)(H,20,21)/t13-/m1/s1. The summed E-state index contributed by atoms with van der Waals surface area (Å²) in [4.78, 5) is 23.6. The van der Waals surface area contributed by atoms with E-state index in [1.54, 1.807) is 13.8 Å². The fourth-order valence-electron chi connectivity index (χ4n) is 2.35. The third kappa shape index (κ3) is 4.29. The van der Waals surface area contributed by atoms with Gasteiger partial charge in [-0.25, -0.2) is 0 Å². The van der Waals surface area contributed by atoms with Gasteiger partial charge in [-0.05, 0) is 18.4 Å². The van der Waals surface area contributed by atoms with Gasteiger partial charge in [-0.15, -0.1) is 0 Å². The number of carboxylic acids is 1. The summed E-state index contributed by atoms with van der Waals surface area (Å²) in [6, 6.07) is 8.60. The molecule has 116 valence electrons. The largest absolute Gasteiger partial charge is 0.481 e. The minimum atomic E-state index is -1.04. The second-order valence-corrected chi connectivity index (χ2v) is 5.18. The summed E-state index contributed by atoms with van der Waals surface area (Å²) >= 11 is 0. The van der Waals surface area contributed by atoms with Gasteiger partial charge in [0, 0.05) is 6.42 Å². The number of aliphatic carboxylic acids is 1. The van der Waals surface area contributed by atoms with Crippen LogP contribution in [0.5, 0.6) is 0 Å². The molecule has 0 aliphatic rings. The van der Waals surface area contributed by atoms with E-state index in [4.69, 9.17) is 0 Å². The number of amides is 1. The SMILES string of the molecule is CCC(CC)(CC(=O)N[C@H](CO)c1ccccc1)C(=O)O. The van der Waals surface area contributed by atoms with Crippen molar-refractivity contribution in [1.29, 1.82) is 0 Å². The Hall–Kier alpha value is -1.88. The van der Waals surface area contributed by atoms with Crippen LogP contribution >= 0.6 is 0 Å². The van der Waals surface area contributed by atoms with Gasteiger partial charge in [0.2, 0.25) is 5.91 Å². The summed E-state index contributed by atoms with van der Waals surface area (Å²) in [5.74, 6) is -1.31. The average molecular weight is 293 g/mol. The lowest BCUT2D eigenvalue weighted by atomic mass is 9.79. The second kappa shape index (κ2) is 7.78. The average Bonchev–Trinajstić information content (AvgIpc) is 2.51. The highest BCUT2D eigenvalue weighted by Gasteiger charge is 2.37. The molecule has 1 rings (SSSR count). The molecule has 0 saturated carbocycles. The lowest BCUT2D eigenvalue weighted by Crippen LogP contribution is -2.39. The fraction of sp³-hybridized carbons (Fsp3) is 0.500. The van der Waals surface area contributed by atoms with Gasteiger partial charge in [0.25, 0.3) is 0 Å². The van der Waals surface area contributed by atoms with Crippen LogP contribution in [0.15, 0.2) is 30.3 Å². The number of aliphatic hydroxyl groups excluding tert-OH is 1. The molecule has 0 spiro atoms. The molecule has 1 aromatic rings. The summed E-state index contributed by atoms with van der Waals surface area (Å²) in [7, 11) is 0. The van der Waals surface area contributed by atoms with Crippen molar-refractivity contribution in [2.45, 2.75) is 39.2 Å². The van der Waals surface area contributed by atoms with E-state index in [0.29, 0.717) is 12.8 Å². The lowest BCUT2D eigenvalue weighted by Gasteiger charge is -2.27. The van der Waals surface area contributed by atoms with Crippen molar-refractivity contribution >= 4 is 11.9 Å². The number of carbonyl (C=O) groups is 2. The van der Waals surface area contributed by atoms with Crippen molar-refractivity contribution in [2.24, 2.45) is 5.41 Å². The Bertz CT molecular complexity index is 468. The molecular weight excluding hydrogens is 270 g/mol. The summed E-state index contributed by atoms with van der Waals surface area (Å²) < 4.78 is 0. The molecule has 3 N–H and O–H groups in total. The minimum absolute atomic E-state index is 0.0847. The van der Waals surface area contributed by atoms with Crippen molar-refractivity contribution < 1.29 is 19.8 Å². The molecule has 0 bridgehead atoms. The maximum absolute atomic E-state index is 12.1. The Kier molecular flexibility index (Phi) is 6.37. The molecule has 0 aliphatic heterocycles. The van der Waals surface area contributed by atoms with Crippen LogP contribution in [0, 0.1) is 5.41 Å². The van der Waals surface area contributed by atoms with Crippen LogP contribution in [0.1, 0.15) is 44.7 Å². The van der Waals surface area contributed by atoms with E-state index in [1.165, 1.54) is 0 Å². The van der Waals surface area contributed by atoms with Crippen LogP contribution in [-0.2, 0) is 9.59 Å². The highest BCUT2D eigenvalue weighted by molar-refractivity contribution is 5.85. The van der Waals surface area contributed by atoms with Crippen molar-refractivity contribution in [3.63, 3.8) is 0 Å². The van der Waals surface area contributed by atoms with Crippen LogP contribution in [0.25, 0.3) is 0 Å². The minimum Gasteiger partial charge on any atom is -0.481 e. The van der Waals surface area contributed by atoms with E-state index < -0.39 is 17.4 Å². The Balaban J connectivity index is 2.77. The molecular formula is C16H23NO4. The monoisotopic (exact) mass is 293 g/mol. The van der Waals surface area contributed by atoms with E-state index in [2.05, 4.69) is 5.32 Å². The molecule has 21 heavy (non-hydrogen) atoms. The van der Waals surface area contributed by atoms with Crippen LogP contribution < -0.4 is 5.32 Å². The van der Waals surface area contributed by atoms with E-state index >= 15 is 0 Å². The predicted molar refractivity (Wildman–Crippen MR) is 79.7 cm³/mol. The van der Waals surface area contributed by atoms with E-state index in [-0.39, 0.29) is 18.9 Å². The summed E-state index contributed by atoms with van der Waals surface area (Å²) in [6.45, 7) is 3.31. The molecule has 1 amide bonds. The van der Waals surface area contributed by atoms with Gasteiger partial charge < -0.3 is 15.5 Å². The highest BCUT2D eigenvalue weighted by atomic mass is 16.4. The van der Waals surface area contributed by atoms with Gasteiger partial charge in [-0.2, -0.15) is 0 Å². The first-order valence-electron chi connectivity index (χ1n) is 7.17. The number of hydrogen-bond donors (Lipinski definition) is 3. The Morgan fingerprint density at radius 3 is 2.19 bits per heavy atom. The predicted octanol–water partition coefficient (Wildman–Crippen LogP) is 2.12. The van der Waals surface area contributed by atoms with Crippen LogP contribution in [0.4, 0.5) is 0 Å². The maximum atomic E-state index is 12.1. The summed E-state index contributed by atoms with van der Waals surface area (Å²) in [5, 5.41) is 21.5. The quantitative estimate of drug-likeness (QED) is 0.685. The third-order valence-corrected chi connectivity index (χ3v) is 4.03. The Morgan fingerprint density at radius 2 is 1.76 bits per heavy atom. The van der Waals surface area contributed by atoms with Gasteiger partial charge in [0.1, 0.15) is 0 Å². The van der Waals surface area contributed by atoms with Crippen LogP contribution in [-0.4, -0.2) is 28.7 Å². The third-order valence-electron chi connectivity index (χ3n) is 4.03. The van der Waals surface area contributed by atoms with Crippen LogP contribution in [0.3, 0.4) is 0 Å². The first kappa shape index (κ1) is 17.2. The molecule has 0 heterocycles. The van der Waals surface area contributed by atoms with Crippen LogP contribution in [0.2, 0.25) is 0 Å². The molecule has 0 saturated heterocycles. The molecule has 0 radical (unpaired) electrons. The molecule has 0 aromatic heterocycles. The van der Waals surface area contributed by atoms with Crippen molar-refractivity contribution in [2.75, 3.05) is 6.61 Å². The molecule has 0 aliphatic carbocycles. The first-order valence-corrected chi connectivity index (χ1v) is 7.17. The highest BCUT2D eigenvalue weighted by Crippen LogP contribution is 2.31. The van der Waals surface area contributed by atoms with Crippen molar-refractivity contribution in [1.82, 2.24) is 5.32 Å². The van der Waals surface area contributed by atoms with E-state index in [9.17, 15) is 19.8 Å². The molecule has 5 nitrogen and oxygen atoms in total. The zero-order valence-electron chi connectivity index (χ0n) is 12.5. The van der Waals surface area contributed by atoms with E-state index in [0.717, 1.165) is 5.56 Å². The smallest absolute Gasteiger partial charge is 0.310 e. The maximum Gasteiger partial charge on any atom is 0.310 e. The number of nitrogens with one attached hydrogen (secondary N) is 1. The number of carbonyl (C=O) groups excluding carboxylic acids is 1. The van der Waals surface area contributed by atoms with Gasteiger partial charge >= 0.3 is 5.97 Å². The number of aliphatic hydroxyl groups is 1. The van der Waals surface area contributed by atoms with Gasteiger partial charge in [-0.1, -0.05) is 44.2 Å². The Labute approximate surface area is 125 Å². The topological polar surface area (TPSA) is 86.6 Å². The fourth-order valence-corrected chi connectivity index (χ4v) is 2.35. The zero-order valence-corrected chi connectivity index (χ0v) is 12.5.